The Kier molecular flexibility index (Phi) is 6.25. The number of carbonyl (C=O) groups is 3. The van der Waals surface area contributed by atoms with Crippen LogP contribution < -0.4 is 5.32 Å². The Hall–Kier alpha value is -2.02. The highest BCUT2D eigenvalue weighted by molar-refractivity contribution is 7.98. The molecule has 130 valence electrons. The van der Waals surface area contributed by atoms with Crippen LogP contribution in [0, 0.1) is 5.92 Å². The number of carboxylic acids is 1. The lowest BCUT2D eigenvalue weighted by Crippen LogP contribution is -2.36. The first-order chi connectivity index (χ1) is 11.4. The molecule has 6 nitrogen and oxygen atoms in total. The van der Waals surface area contributed by atoms with Crippen molar-refractivity contribution in [2.75, 3.05) is 19.3 Å². The van der Waals surface area contributed by atoms with Gasteiger partial charge in [0.15, 0.2) is 0 Å². The molecule has 1 heterocycles. The van der Waals surface area contributed by atoms with Crippen molar-refractivity contribution in [2.45, 2.75) is 30.7 Å². The van der Waals surface area contributed by atoms with Gasteiger partial charge in [-0.3, -0.25) is 14.4 Å². The lowest BCUT2D eigenvalue weighted by atomic mass is 10.0. The SMILES string of the molecule is CCN1CC(C(=O)NC(CC(=O)O)c2ccc(SC)cc2)CC1=O. The molecule has 2 unspecified atom stereocenters. The molecule has 1 fully saturated rings. The summed E-state index contributed by atoms with van der Waals surface area (Å²) in [5, 5.41) is 11.9. The molecule has 1 aromatic carbocycles. The maximum absolute atomic E-state index is 12.5. The molecular formula is C17H22N2O4S. The Morgan fingerprint density at radius 1 is 1.38 bits per heavy atom. The van der Waals surface area contributed by atoms with Gasteiger partial charge in [0.05, 0.1) is 18.4 Å². The van der Waals surface area contributed by atoms with E-state index in [1.54, 1.807) is 16.7 Å². The zero-order valence-corrected chi connectivity index (χ0v) is 14.6. The number of carbonyl (C=O) groups excluding carboxylic acids is 2. The largest absolute Gasteiger partial charge is 0.481 e. The van der Waals surface area contributed by atoms with Gasteiger partial charge in [0.2, 0.25) is 11.8 Å². The molecule has 1 aliphatic rings. The lowest BCUT2D eigenvalue weighted by molar-refractivity contribution is -0.138. The highest BCUT2D eigenvalue weighted by Gasteiger charge is 2.34. The zero-order chi connectivity index (χ0) is 17.7. The van der Waals surface area contributed by atoms with Gasteiger partial charge in [-0.05, 0) is 30.9 Å². The van der Waals surface area contributed by atoms with Crippen LogP contribution in [0.3, 0.4) is 0 Å². The van der Waals surface area contributed by atoms with Crippen molar-refractivity contribution in [1.82, 2.24) is 10.2 Å². The summed E-state index contributed by atoms with van der Waals surface area (Å²) in [6, 6.07) is 6.87. The Balaban J connectivity index is 2.09. The molecule has 0 saturated carbocycles. The van der Waals surface area contributed by atoms with Gasteiger partial charge in [0.25, 0.3) is 0 Å². The Morgan fingerprint density at radius 2 is 2.04 bits per heavy atom. The number of aliphatic carboxylic acids is 1. The minimum atomic E-state index is -0.980. The molecular weight excluding hydrogens is 328 g/mol. The number of rotatable bonds is 7. The van der Waals surface area contributed by atoms with E-state index in [1.165, 1.54) is 0 Å². The van der Waals surface area contributed by atoms with E-state index in [2.05, 4.69) is 5.32 Å². The average molecular weight is 350 g/mol. The maximum Gasteiger partial charge on any atom is 0.305 e. The third kappa shape index (κ3) is 4.50. The van der Waals surface area contributed by atoms with Crippen molar-refractivity contribution in [3.8, 4) is 0 Å². The van der Waals surface area contributed by atoms with E-state index in [9.17, 15) is 14.4 Å². The van der Waals surface area contributed by atoms with Crippen molar-refractivity contribution in [3.63, 3.8) is 0 Å². The summed E-state index contributed by atoms with van der Waals surface area (Å²) < 4.78 is 0. The van der Waals surface area contributed by atoms with Crippen LogP contribution in [-0.4, -0.2) is 47.1 Å². The molecule has 2 N–H and O–H groups in total. The number of carboxylic acid groups (broad SMARTS) is 1. The second kappa shape index (κ2) is 8.19. The molecule has 0 spiro atoms. The molecule has 0 radical (unpaired) electrons. The van der Waals surface area contributed by atoms with Gasteiger partial charge in [0, 0.05) is 24.4 Å². The van der Waals surface area contributed by atoms with Crippen LogP contribution in [0.5, 0.6) is 0 Å². The van der Waals surface area contributed by atoms with Crippen molar-refractivity contribution in [2.24, 2.45) is 5.92 Å². The summed E-state index contributed by atoms with van der Waals surface area (Å²) in [7, 11) is 0. The monoisotopic (exact) mass is 350 g/mol. The van der Waals surface area contributed by atoms with Crippen LogP contribution in [-0.2, 0) is 14.4 Å². The molecule has 2 rings (SSSR count). The molecule has 0 aromatic heterocycles. The highest BCUT2D eigenvalue weighted by Crippen LogP contribution is 2.23. The predicted molar refractivity (Wildman–Crippen MR) is 91.7 cm³/mol. The van der Waals surface area contributed by atoms with Gasteiger partial charge in [-0.25, -0.2) is 0 Å². The number of hydrogen-bond donors (Lipinski definition) is 2. The first-order valence-electron chi connectivity index (χ1n) is 7.88. The third-order valence-electron chi connectivity index (χ3n) is 4.18. The molecule has 24 heavy (non-hydrogen) atoms. The fourth-order valence-corrected chi connectivity index (χ4v) is 3.21. The number of likely N-dealkylation sites (tertiary alicyclic amines) is 1. The Bertz CT molecular complexity index is 618. The second-order valence-electron chi connectivity index (χ2n) is 5.77. The van der Waals surface area contributed by atoms with Gasteiger partial charge in [0.1, 0.15) is 0 Å². The number of amides is 2. The fourth-order valence-electron chi connectivity index (χ4n) is 2.81. The number of nitrogens with one attached hydrogen (secondary N) is 1. The third-order valence-corrected chi connectivity index (χ3v) is 4.92. The van der Waals surface area contributed by atoms with Crippen LogP contribution in [0.2, 0.25) is 0 Å². The van der Waals surface area contributed by atoms with Gasteiger partial charge < -0.3 is 15.3 Å². The van der Waals surface area contributed by atoms with E-state index in [0.29, 0.717) is 13.1 Å². The predicted octanol–water partition coefficient (Wildman–Crippen LogP) is 1.91. The minimum absolute atomic E-state index is 0.0308. The summed E-state index contributed by atoms with van der Waals surface area (Å²) >= 11 is 1.59. The summed E-state index contributed by atoms with van der Waals surface area (Å²) in [5.41, 5.74) is 0.750. The number of thioether (sulfide) groups is 1. The topological polar surface area (TPSA) is 86.7 Å². The minimum Gasteiger partial charge on any atom is -0.481 e. The zero-order valence-electron chi connectivity index (χ0n) is 13.8. The smallest absolute Gasteiger partial charge is 0.305 e. The van der Waals surface area contributed by atoms with Crippen molar-refractivity contribution < 1.29 is 19.5 Å². The van der Waals surface area contributed by atoms with Gasteiger partial charge >= 0.3 is 5.97 Å². The van der Waals surface area contributed by atoms with Crippen molar-refractivity contribution in [1.29, 1.82) is 0 Å². The summed E-state index contributed by atoms with van der Waals surface area (Å²) in [6.45, 7) is 2.85. The highest BCUT2D eigenvalue weighted by atomic mass is 32.2. The summed E-state index contributed by atoms with van der Waals surface area (Å²) in [6.07, 6.45) is 1.95. The Labute approximate surface area is 145 Å². The lowest BCUT2D eigenvalue weighted by Gasteiger charge is -2.20. The van der Waals surface area contributed by atoms with Crippen molar-refractivity contribution in [3.05, 3.63) is 29.8 Å². The first kappa shape index (κ1) is 18.3. The Morgan fingerprint density at radius 3 is 2.54 bits per heavy atom. The van der Waals surface area contributed by atoms with Gasteiger partial charge in [-0.15, -0.1) is 11.8 Å². The number of benzene rings is 1. The summed E-state index contributed by atoms with van der Waals surface area (Å²) in [5.74, 6) is -1.69. The van der Waals surface area contributed by atoms with E-state index in [-0.39, 0.29) is 24.7 Å². The molecule has 7 heteroatoms. The molecule has 1 aromatic rings. The van der Waals surface area contributed by atoms with E-state index >= 15 is 0 Å². The van der Waals surface area contributed by atoms with E-state index in [0.717, 1.165) is 10.5 Å². The molecule has 2 atom stereocenters. The maximum atomic E-state index is 12.5. The van der Waals surface area contributed by atoms with Crippen LogP contribution in [0.4, 0.5) is 0 Å². The molecule has 1 saturated heterocycles. The van der Waals surface area contributed by atoms with E-state index in [4.69, 9.17) is 5.11 Å². The van der Waals surface area contributed by atoms with Crippen molar-refractivity contribution >= 4 is 29.5 Å². The summed E-state index contributed by atoms with van der Waals surface area (Å²) in [4.78, 5) is 38.1. The van der Waals surface area contributed by atoms with Crippen LogP contribution >= 0.6 is 11.8 Å². The number of hydrogen-bond acceptors (Lipinski definition) is 4. The van der Waals surface area contributed by atoms with Crippen LogP contribution in [0.1, 0.15) is 31.4 Å². The second-order valence-corrected chi connectivity index (χ2v) is 6.65. The molecule has 0 aliphatic carbocycles. The van der Waals surface area contributed by atoms with Crippen LogP contribution in [0.25, 0.3) is 0 Å². The normalized spacial score (nSPS) is 18.5. The quantitative estimate of drug-likeness (QED) is 0.734. The molecule has 1 aliphatic heterocycles. The average Bonchev–Trinajstić information content (AvgIpc) is 2.95. The van der Waals surface area contributed by atoms with Gasteiger partial charge in [-0.2, -0.15) is 0 Å². The molecule has 0 bridgehead atoms. The van der Waals surface area contributed by atoms with E-state index < -0.39 is 17.9 Å². The molecule has 2 amide bonds. The first-order valence-corrected chi connectivity index (χ1v) is 9.11. The van der Waals surface area contributed by atoms with E-state index in [1.807, 2.05) is 37.4 Å². The standard InChI is InChI=1S/C17H22N2O4S/c1-3-19-10-12(8-15(19)20)17(23)18-14(9-16(21)22)11-4-6-13(24-2)7-5-11/h4-7,12,14H,3,8-10H2,1-2H3,(H,18,23)(H,21,22). The van der Waals surface area contributed by atoms with Gasteiger partial charge in [-0.1, -0.05) is 12.1 Å². The van der Waals surface area contributed by atoms with Crippen LogP contribution in [0.15, 0.2) is 29.2 Å². The number of nitrogens with zero attached hydrogens (tertiary/aromatic N) is 1. The fraction of sp³-hybridized carbons (Fsp3) is 0.471.